The average Bonchev–Trinajstić information content (AvgIpc) is 3.49. The predicted molar refractivity (Wildman–Crippen MR) is 168 cm³/mol. The van der Waals surface area contributed by atoms with Crippen LogP contribution in [-0.2, 0) is 17.7 Å². The number of aliphatic hydroxyl groups excluding tert-OH is 1. The Morgan fingerprint density at radius 3 is 2.30 bits per heavy atom. The predicted octanol–water partition coefficient (Wildman–Crippen LogP) is 4.95. The van der Waals surface area contributed by atoms with Crippen molar-refractivity contribution in [3.63, 3.8) is 0 Å². The first kappa shape index (κ1) is 32.5. The van der Waals surface area contributed by atoms with E-state index in [-0.39, 0.29) is 45.9 Å². The van der Waals surface area contributed by atoms with Gasteiger partial charge in [0, 0.05) is 0 Å². The topological polar surface area (TPSA) is 159 Å². The molecule has 2 aliphatic rings. The number of hydrogen-bond donors (Lipinski definition) is 3. The molecular formula is C29H43N5O8Si2. The zero-order valence-corrected chi connectivity index (χ0v) is 28.4. The van der Waals surface area contributed by atoms with Gasteiger partial charge in [-0.05, 0) is 34.3 Å². The number of aromatic nitrogens is 4. The number of hydrogen-bond acceptors (Lipinski definition) is 10. The highest BCUT2D eigenvalue weighted by molar-refractivity contribution is 6.84. The largest absolute Gasteiger partial charge is 0.419 e. The van der Waals surface area contributed by atoms with Crippen LogP contribution in [-0.4, -0.2) is 72.8 Å². The molecule has 1 aromatic carbocycles. The smallest absolute Gasteiger partial charge is 0.414 e. The van der Waals surface area contributed by atoms with E-state index in [1.807, 2.05) is 0 Å². The van der Waals surface area contributed by atoms with E-state index in [1.54, 1.807) is 30.3 Å². The quantitative estimate of drug-likeness (QED) is 0.300. The SMILES string of the molecule is CC(C)[Si]1(C(C)C)OC[C@H]2O[C@@H](n3cnc4c(=O)[nH]c(NC(=O)Oc5ccccc5)nc43)[C@@H](O)C2O[Si](C(C)C)(C(C)C)O1. The zero-order chi connectivity index (χ0) is 32.0. The molecule has 0 spiro atoms. The summed E-state index contributed by atoms with van der Waals surface area (Å²) in [5.74, 6) is 0.179. The van der Waals surface area contributed by atoms with Crippen molar-refractivity contribution in [1.29, 1.82) is 0 Å². The van der Waals surface area contributed by atoms with Crippen LogP contribution in [0.1, 0.15) is 61.6 Å². The molecule has 13 nitrogen and oxygen atoms in total. The second kappa shape index (κ2) is 12.5. The highest BCUT2D eigenvalue weighted by Gasteiger charge is 2.61. The molecule has 3 aromatic rings. The van der Waals surface area contributed by atoms with Gasteiger partial charge in [-0.1, -0.05) is 73.6 Å². The number of nitrogens with zero attached hydrogens (tertiary/aromatic N) is 3. The van der Waals surface area contributed by atoms with Crippen molar-refractivity contribution >= 4 is 40.3 Å². The number of carbonyl (C=O) groups excluding carboxylic acids is 1. The van der Waals surface area contributed by atoms with Gasteiger partial charge in [0.05, 0.1) is 12.9 Å². The van der Waals surface area contributed by atoms with Crippen LogP contribution in [0.2, 0.25) is 22.2 Å². The maximum Gasteiger partial charge on any atom is 0.419 e. The molecule has 0 radical (unpaired) electrons. The van der Waals surface area contributed by atoms with Crippen LogP contribution in [0.5, 0.6) is 5.75 Å². The molecule has 2 aromatic heterocycles. The number of imidazole rings is 1. The van der Waals surface area contributed by atoms with Crippen LogP contribution >= 0.6 is 0 Å². The number of para-hydroxylation sites is 1. The third-order valence-electron chi connectivity index (χ3n) is 8.52. The Bertz CT molecular complexity index is 1510. The summed E-state index contributed by atoms with van der Waals surface area (Å²) in [5, 5.41) is 14.2. The Morgan fingerprint density at radius 2 is 1.68 bits per heavy atom. The molecule has 4 heterocycles. The molecule has 2 fully saturated rings. The van der Waals surface area contributed by atoms with Gasteiger partial charge in [-0.15, -0.1) is 0 Å². The van der Waals surface area contributed by atoms with Gasteiger partial charge in [-0.25, -0.2) is 9.78 Å². The number of aromatic amines is 1. The van der Waals surface area contributed by atoms with Gasteiger partial charge < -0.3 is 27.5 Å². The van der Waals surface area contributed by atoms with Gasteiger partial charge in [0.15, 0.2) is 17.4 Å². The lowest BCUT2D eigenvalue weighted by Crippen LogP contribution is -2.65. The lowest BCUT2D eigenvalue weighted by Gasteiger charge is -2.51. The number of ether oxygens (including phenoxy) is 2. The third-order valence-corrected chi connectivity index (χ3v) is 18.8. The minimum absolute atomic E-state index is 0.0201. The van der Waals surface area contributed by atoms with E-state index in [2.05, 4.69) is 75.7 Å². The van der Waals surface area contributed by atoms with Crippen molar-refractivity contribution in [3.8, 4) is 5.75 Å². The first-order valence-corrected chi connectivity index (χ1v) is 19.1. The number of carbonyl (C=O) groups is 1. The second-order valence-electron chi connectivity index (χ2n) is 12.7. The van der Waals surface area contributed by atoms with Crippen LogP contribution in [0.25, 0.3) is 11.2 Å². The maximum absolute atomic E-state index is 12.9. The molecule has 0 aliphatic carbocycles. The van der Waals surface area contributed by atoms with E-state index >= 15 is 0 Å². The molecule has 4 atom stereocenters. The number of rotatable bonds is 7. The second-order valence-corrected chi connectivity index (χ2v) is 21.5. The molecule has 1 amide bonds. The number of amides is 1. The van der Waals surface area contributed by atoms with Crippen LogP contribution < -0.4 is 15.6 Å². The fourth-order valence-corrected chi connectivity index (χ4v) is 17.5. The molecule has 2 aliphatic heterocycles. The first-order valence-electron chi connectivity index (χ1n) is 15.1. The van der Waals surface area contributed by atoms with Crippen LogP contribution in [0.3, 0.4) is 0 Å². The normalized spacial score (nSPS) is 24.9. The third kappa shape index (κ3) is 5.77. The fraction of sp³-hybridized carbons (Fsp3) is 0.586. The molecular weight excluding hydrogens is 603 g/mol. The summed E-state index contributed by atoms with van der Waals surface area (Å²) in [6.45, 7) is 17.2. The summed E-state index contributed by atoms with van der Waals surface area (Å²) in [5.41, 5.74) is 0.00338. The van der Waals surface area contributed by atoms with Crippen molar-refractivity contribution in [1.82, 2.24) is 19.5 Å². The van der Waals surface area contributed by atoms with E-state index in [4.69, 9.17) is 22.4 Å². The van der Waals surface area contributed by atoms with E-state index in [9.17, 15) is 14.7 Å². The molecule has 240 valence electrons. The number of anilines is 1. The average molecular weight is 646 g/mol. The Kier molecular flexibility index (Phi) is 9.19. The highest BCUT2D eigenvalue weighted by Crippen LogP contribution is 2.48. The highest BCUT2D eigenvalue weighted by atomic mass is 28.5. The van der Waals surface area contributed by atoms with E-state index < -0.39 is 53.3 Å². The standard InChI is InChI=1S/C29H43N5O8Si2/c1-16(2)43(17(3)4)38-14-21-24(41-44(42-43,18(5)6)19(7)8)23(35)27(40-21)34-15-30-22-25(34)31-28(32-26(22)36)33-29(37)39-20-12-10-9-11-13-20/h9-13,15-19,21,23-24,27,35H,14H2,1-8H3,(H2,31,32,33,36,37)/t21-,23+,24?,27-/m1/s1. The summed E-state index contributed by atoms with van der Waals surface area (Å²) in [4.78, 5) is 36.6. The molecule has 0 bridgehead atoms. The molecule has 1 unspecified atom stereocenters. The van der Waals surface area contributed by atoms with Gasteiger partial charge in [-0.2, -0.15) is 4.98 Å². The Hall–Kier alpha value is -2.93. The summed E-state index contributed by atoms with van der Waals surface area (Å²) in [7, 11) is -5.81. The van der Waals surface area contributed by atoms with E-state index in [0.29, 0.717) is 5.75 Å². The Morgan fingerprint density at radius 1 is 1.05 bits per heavy atom. The Labute approximate surface area is 258 Å². The van der Waals surface area contributed by atoms with Crippen LogP contribution in [0, 0.1) is 0 Å². The minimum atomic E-state index is -3.01. The van der Waals surface area contributed by atoms with Crippen molar-refractivity contribution in [3.05, 3.63) is 47.0 Å². The van der Waals surface area contributed by atoms with Crippen molar-refractivity contribution in [2.45, 2.75) is 102 Å². The molecule has 2 saturated heterocycles. The number of benzene rings is 1. The summed E-state index contributed by atoms with van der Waals surface area (Å²) >= 11 is 0. The van der Waals surface area contributed by atoms with Crippen molar-refractivity contribution in [2.75, 3.05) is 11.9 Å². The number of H-pyrrole nitrogens is 1. The molecule has 5 rings (SSSR count). The van der Waals surface area contributed by atoms with E-state index in [0.717, 1.165) is 0 Å². The lowest BCUT2D eigenvalue weighted by molar-refractivity contribution is -0.0570. The van der Waals surface area contributed by atoms with Crippen LogP contribution in [0.4, 0.5) is 10.7 Å². The summed E-state index contributed by atoms with van der Waals surface area (Å²) < 4.78 is 34.2. The molecule has 0 saturated carbocycles. The lowest BCUT2D eigenvalue weighted by atomic mass is 10.1. The van der Waals surface area contributed by atoms with Gasteiger partial charge in [0.2, 0.25) is 5.95 Å². The zero-order valence-electron chi connectivity index (χ0n) is 26.4. The molecule has 3 N–H and O–H groups in total. The summed E-state index contributed by atoms with van der Waals surface area (Å²) in [6.07, 6.45) is -2.94. The van der Waals surface area contributed by atoms with Crippen molar-refractivity contribution in [2.24, 2.45) is 0 Å². The molecule has 44 heavy (non-hydrogen) atoms. The summed E-state index contributed by atoms with van der Waals surface area (Å²) in [6, 6.07) is 8.50. The van der Waals surface area contributed by atoms with Crippen molar-refractivity contribution < 1.29 is 32.3 Å². The molecule has 15 heteroatoms. The number of aliphatic hydroxyl groups is 1. The monoisotopic (exact) mass is 645 g/mol. The van der Waals surface area contributed by atoms with Gasteiger partial charge in [0.1, 0.15) is 24.1 Å². The van der Waals surface area contributed by atoms with Gasteiger partial charge >= 0.3 is 23.2 Å². The first-order chi connectivity index (χ1) is 20.8. The van der Waals surface area contributed by atoms with E-state index in [1.165, 1.54) is 10.9 Å². The fourth-order valence-electron chi connectivity index (χ4n) is 6.26. The van der Waals surface area contributed by atoms with Gasteiger partial charge in [-0.3, -0.25) is 19.7 Å². The van der Waals surface area contributed by atoms with Gasteiger partial charge in [0.25, 0.3) is 5.56 Å². The van der Waals surface area contributed by atoms with Crippen LogP contribution in [0.15, 0.2) is 41.5 Å². The number of nitrogens with one attached hydrogen (secondary N) is 2. The number of fused-ring (bicyclic) bond motifs is 2. The minimum Gasteiger partial charge on any atom is -0.414 e. The Balaban J connectivity index is 1.48. The maximum atomic E-state index is 12.9.